The van der Waals surface area contributed by atoms with Crippen molar-refractivity contribution in [1.82, 2.24) is 9.80 Å². The van der Waals surface area contributed by atoms with E-state index >= 15 is 0 Å². The van der Waals surface area contributed by atoms with E-state index in [1.807, 2.05) is 60.7 Å². The second-order valence-electron chi connectivity index (χ2n) is 7.91. The van der Waals surface area contributed by atoms with E-state index in [4.69, 9.17) is 4.74 Å². The summed E-state index contributed by atoms with van der Waals surface area (Å²) in [4.78, 5) is 18.1. The Hall–Kier alpha value is -2.17. The molecule has 1 atom stereocenters. The fraction of sp³-hybridized carbons (Fsp3) is 0.458. The summed E-state index contributed by atoms with van der Waals surface area (Å²) in [5.74, 6) is -0.512. The van der Waals surface area contributed by atoms with Crippen LogP contribution in [0.1, 0.15) is 36.3 Å². The molecule has 2 heterocycles. The first kappa shape index (κ1) is 19.2. The molecule has 0 radical (unpaired) electrons. The highest BCUT2D eigenvalue weighted by Crippen LogP contribution is 2.26. The number of carbonyl (C=O) groups excluding carboxylic acids is 1. The molecule has 0 N–H and O–H groups in total. The van der Waals surface area contributed by atoms with Gasteiger partial charge in [-0.15, -0.1) is 0 Å². The summed E-state index contributed by atoms with van der Waals surface area (Å²) in [6, 6.07) is 20.6. The van der Waals surface area contributed by atoms with Crippen molar-refractivity contribution in [3.63, 3.8) is 0 Å². The van der Waals surface area contributed by atoms with Gasteiger partial charge in [-0.2, -0.15) is 0 Å². The lowest BCUT2D eigenvalue weighted by atomic mass is 9.91. The Morgan fingerprint density at radius 2 is 1.64 bits per heavy atom. The maximum atomic E-state index is 12.9. The van der Waals surface area contributed by atoms with Crippen LogP contribution < -0.4 is 0 Å². The Labute approximate surface area is 168 Å². The van der Waals surface area contributed by atoms with Gasteiger partial charge in [-0.25, -0.2) is 0 Å². The number of ether oxygens (including phenoxy) is 1. The van der Waals surface area contributed by atoms with E-state index in [0.29, 0.717) is 6.61 Å². The standard InChI is InChI=1S/C24H30N2O2/c27-24(23(20-9-3-1-4-10-20)21-11-5-2-6-12-21)28-18-8-14-25-16-17-26-15-7-13-22(26)19-25/h1-6,9-12,22-23H,7-8,13-19H2. The maximum Gasteiger partial charge on any atom is 0.317 e. The van der Waals surface area contributed by atoms with Crippen LogP contribution in [0.15, 0.2) is 60.7 Å². The van der Waals surface area contributed by atoms with E-state index in [0.717, 1.165) is 36.7 Å². The summed E-state index contributed by atoms with van der Waals surface area (Å²) in [6.07, 6.45) is 3.58. The molecule has 1 unspecified atom stereocenters. The minimum Gasteiger partial charge on any atom is -0.465 e. The zero-order valence-electron chi connectivity index (χ0n) is 16.5. The van der Waals surface area contributed by atoms with Crippen molar-refractivity contribution < 1.29 is 9.53 Å². The molecule has 0 saturated carbocycles. The van der Waals surface area contributed by atoms with Gasteiger partial charge in [0.1, 0.15) is 5.92 Å². The molecule has 0 spiro atoms. The predicted molar refractivity (Wildman–Crippen MR) is 111 cm³/mol. The van der Waals surface area contributed by atoms with Gasteiger partial charge in [0.15, 0.2) is 0 Å². The van der Waals surface area contributed by atoms with Crippen LogP contribution in [0.5, 0.6) is 0 Å². The molecule has 4 heteroatoms. The van der Waals surface area contributed by atoms with Crippen LogP contribution in [0, 0.1) is 0 Å². The lowest BCUT2D eigenvalue weighted by Crippen LogP contribution is -2.50. The number of rotatable bonds is 7. The van der Waals surface area contributed by atoms with Gasteiger partial charge in [-0.05, 0) is 36.9 Å². The predicted octanol–water partition coefficient (Wildman–Crippen LogP) is 3.53. The Morgan fingerprint density at radius 1 is 0.964 bits per heavy atom. The number of esters is 1. The average Bonchev–Trinajstić information content (AvgIpc) is 3.21. The van der Waals surface area contributed by atoms with Crippen LogP contribution in [0.2, 0.25) is 0 Å². The molecule has 2 aromatic rings. The Kier molecular flexibility index (Phi) is 6.40. The van der Waals surface area contributed by atoms with E-state index in [1.165, 1.54) is 32.5 Å². The van der Waals surface area contributed by atoms with Crippen molar-refractivity contribution in [1.29, 1.82) is 0 Å². The highest BCUT2D eigenvalue weighted by Gasteiger charge is 2.30. The lowest BCUT2D eigenvalue weighted by Gasteiger charge is -2.37. The third-order valence-corrected chi connectivity index (χ3v) is 6.04. The van der Waals surface area contributed by atoms with Gasteiger partial charge < -0.3 is 9.64 Å². The van der Waals surface area contributed by atoms with Crippen LogP contribution >= 0.6 is 0 Å². The number of benzene rings is 2. The average molecular weight is 379 g/mol. The molecule has 2 fully saturated rings. The second kappa shape index (κ2) is 9.35. The molecule has 2 saturated heterocycles. The summed E-state index contributed by atoms with van der Waals surface area (Å²) in [7, 11) is 0. The first-order chi connectivity index (χ1) is 13.8. The summed E-state index contributed by atoms with van der Waals surface area (Å²) in [5.41, 5.74) is 1.96. The van der Waals surface area contributed by atoms with Gasteiger partial charge in [-0.3, -0.25) is 9.69 Å². The quantitative estimate of drug-likeness (QED) is 0.545. The minimum absolute atomic E-state index is 0.155. The van der Waals surface area contributed by atoms with Gasteiger partial charge in [0.2, 0.25) is 0 Å². The smallest absolute Gasteiger partial charge is 0.317 e. The molecule has 2 aromatic carbocycles. The molecule has 2 aliphatic rings. The second-order valence-corrected chi connectivity index (χ2v) is 7.91. The summed E-state index contributed by atoms with van der Waals surface area (Å²) in [5, 5.41) is 0. The molecule has 0 amide bonds. The zero-order valence-corrected chi connectivity index (χ0v) is 16.5. The third kappa shape index (κ3) is 4.62. The molecule has 148 valence electrons. The fourth-order valence-electron chi connectivity index (χ4n) is 4.56. The monoisotopic (exact) mass is 378 g/mol. The minimum atomic E-state index is -0.357. The molecule has 0 aromatic heterocycles. The highest BCUT2D eigenvalue weighted by molar-refractivity contribution is 5.82. The molecule has 4 nitrogen and oxygen atoms in total. The van der Waals surface area contributed by atoms with Gasteiger partial charge in [0.25, 0.3) is 0 Å². The van der Waals surface area contributed by atoms with E-state index in [2.05, 4.69) is 9.80 Å². The Bertz CT molecular complexity index is 710. The third-order valence-electron chi connectivity index (χ3n) is 6.04. The van der Waals surface area contributed by atoms with Crippen molar-refractivity contribution in [2.45, 2.75) is 31.2 Å². The number of nitrogens with zero attached hydrogens (tertiary/aromatic N) is 2. The van der Waals surface area contributed by atoms with Crippen molar-refractivity contribution in [3.05, 3.63) is 71.8 Å². The van der Waals surface area contributed by atoms with E-state index in [1.54, 1.807) is 0 Å². The SMILES string of the molecule is O=C(OCCCN1CCN2CCCC2C1)C(c1ccccc1)c1ccccc1. The maximum absolute atomic E-state index is 12.9. The largest absolute Gasteiger partial charge is 0.465 e. The van der Waals surface area contributed by atoms with E-state index in [-0.39, 0.29) is 11.9 Å². The van der Waals surface area contributed by atoms with E-state index in [9.17, 15) is 4.79 Å². The van der Waals surface area contributed by atoms with Gasteiger partial charge in [0, 0.05) is 32.2 Å². The molecular formula is C24H30N2O2. The first-order valence-electron chi connectivity index (χ1n) is 10.5. The van der Waals surface area contributed by atoms with Crippen molar-refractivity contribution in [2.75, 3.05) is 39.3 Å². The van der Waals surface area contributed by atoms with Crippen molar-refractivity contribution in [2.24, 2.45) is 0 Å². The van der Waals surface area contributed by atoms with Gasteiger partial charge >= 0.3 is 5.97 Å². The molecule has 4 rings (SSSR count). The van der Waals surface area contributed by atoms with Crippen LogP contribution in [0.25, 0.3) is 0 Å². The van der Waals surface area contributed by atoms with Gasteiger partial charge in [0.05, 0.1) is 6.61 Å². The molecule has 0 bridgehead atoms. The lowest BCUT2D eigenvalue weighted by molar-refractivity contribution is -0.144. The zero-order chi connectivity index (χ0) is 19.2. The number of carbonyl (C=O) groups is 1. The van der Waals surface area contributed by atoms with E-state index < -0.39 is 0 Å². The summed E-state index contributed by atoms with van der Waals surface area (Å²) >= 11 is 0. The molecular weight excluding hydrogens is 348 g/mol. The number of fused-ring (bicyclic) bond motifs is 1. The summed E-state index contributed by atoms with van der Waals surface area (Å²) in [6.45, 7) is 6.27. The molecule has 0 aliphatic carbocycles. The van der Waals surface area contributed by atoms with Crippen molar-refractivity contribution >= 4 is 5.97 Å². The van der Waals surface area contributed by atoms with Crippen LogP contribution in [0.4, 0.5) is 0 Å². The normalized spacial score (nSPS) is 20.2. The topological polar surface area (TPSA) is 32.8 Å². The van der Waals surface area contributed by atoms with Crippen LogP contribution in [-0.4, -0.2) is 61.1 Å². The number of piperazine rings is 1. The summed E-state index contributed by atoms with van der Waals surface area (Å²) < 4.78 is 5.71. The number of hydrogen-bond donors (Lipinski definition) is 0. The Morgan fingerprint density at radius 3 is 2.32 bits per heavy atom. The molecule has 2 aliphatic heterocycles. The number of hydrogen-bond acceptors (Lipinski definition) is 4. The van der Waals surface area contributed by atoms with Crippen molar-refractivity contribution in [3.8, 4) is 0 Å². The highest BCUT2D eigenvalue weighted by atomic mass is 16.5. The van der Waals surface area contributed by atoms with Crippen LogP contribution in [0.3, 0.4) is 0 Å². The van der Waals surface area contributed by atoms with Crippen LogP contribution in [-0.2, 0) is 9.53 Å². The molecule has 28 heavy (non-hydrogen) atoms. The van der Waals surface area contributed by atoms with Gasteiger partial charge in [-0.1, -0.05) is 60.7 Å². The first-order valence-corrected chi connectivity index (χ1v) is 10.5. The fourth-order valence-corrected chi connectivity index (χ4v) is 4.56. The Balaban J connectivity index is 1.30.